The molecule has 31 heavy (non-hydrogen) atoms. The van der Waals surface area contributed by atoms with E-state index in [-0.39, 0.29) is 23.8 Å². The number of anilines is 1. The molecule has 2 aromatic heterocycles. The lowest BCUT2D eigenvalue weighted by molar-refractivity contribution is -0.132. The quantitative estimate of drug-likeness (QED) is 0.512. The van der Waals surface area contributed by atoms with Crippen LogP contribution < -0.4 is 10.5 Å². The lowest BCUT2D eigenvalue weighted by Crippen LogP contribution is -2.49. The molecule has 7 nitrogen and oxygen atoms in total. The molecular formula is C23H22FN5O2. The van der Waals surface area contributed by atoms with E-state index in [2.05, 4.69) is 10.00 Å². The Morgan fingerprint density at radius 2 is 1.71 bits per heavy atom. The molecule has 2 aromatic carbocycles. The topological polar surface area (TPSA) is 63.4 Å². The second-order valence-corrected chi connectivity index (χ2v) is 7.78. The van der Waals surface area contributed by atoms with Crippen molar-refractivity contribution >= 4 is 33.4 Å². The monoisotopic (exact) mass is 419 g/mol. The van der Waals surface area contributed by atoms with Gasteiger partial charge in [0.05, 0.1) is 6.20 Å². The Balaban J connectivity index is 1.40. The number of piperazine rings is 1. The second kappa shape index (κ2) is 7.54. The van der Waals surface area contributed by atoms with E-state index in [1.165, 1.54) is 16.8 Å². The summed E-state index contributed by atoms with van der Waals surface area (Å²) in [4.78, 5) is 29.9. The van der Waals surface area contributed by atoms with Gasteiger partial charge in [0.2, 0.25) is 5.91 Å². The third kappa shape index (κ3) is 3.34. The molecular weight excluding hydrogens is 397 g/mol. The molecule has 5 rings (SSSR count). The number of amides is 1. The Labute approximate surface area is 177 Å². The molecule has 0 aliphatic carbocycles. The van der Waals surface area contributed by atoms with Gasteiger partial charge in [-0.2, -0.15) is 5.10 Å². The van der Waals surface area contributed by atoms with Crippen LogP contribution >= 0.6 is 0 Å². The van der Waals surface area contributed by atoms with E-state index in [9.17, 15) is 14.0 Å². The maximum absolute atomic E-state index is 13.2. The van der Waals surface area contributed by atoms with Crippen LogP contribution in [0.25, 0.3) is 21.8 Å². The fourth-order valence-corrected chi connectivity index (χ4v) is 4.31. The molecule has 1 amide bonds. The van der Waals surface area contributed by atoms with E-state index in [1.54, 1.807) is 25.4 Å². The molecule has 0 radical (unpaired) electrons. The van der Waals surface area contributed by atoms with Gasteiger partial charge in [0.15, 0.2) is 0 Å². The average molecular weight is 419 g/mol. The van der Waals surface area contributed by atoms with Crippen molar-refractivity contribution in [1.29, 1.82) is 0 Å². The average Bonchev–Trinajstić information content (AvgIpc) is 3.11. The van der Waals surface area contributed by atoms with E-state index >= 15 is 0 Å². The number of nitrogens with zero attached hydrogens (tertiary/aromatic N) is 5. The van der Waals surface area contributed by atoms with Crippen LogP contribution in [0.5, 0.6) is 0 Å². The van der Waals surface area contributed by atoms with Crippen LogP contribution in [0.2, 0.25) is 0 Å². The first-order valence-corrected chi connectivity index (χ1v) is 10.2. The Bertz CT molecular complexity index is 1330. The predicted molar refractivity (Wildman–Crippen MR) is 118 cm³/mol. The number of para-hydroxylation sites is 1. The maximum atomic E-state index is 13.2. The Morgan fingerprint density at radius 1 is 1.00 bits per heavy atom. The Hall–Kier alpha value is -3.68. The van der Waals surface area contributed by atoms with Gasteiger partial charge >= 0.3 is 0 Å². The number of aromatic nitrogens is 3. The molecule has 0 N–H and O–H groups in total. The lowest BCUT2D eigenvalue weighted by Gasteiger charge is -2.36. The highest BCUT2D eigenvalue weighted by Crippen LogP contribution is 2.26. The highest BCUT2D eigenvalue weighted by atomic mass is 19.1. The highest BCUT2D eigenvalue weighted by molar-refractivity contribution is 6.07. The van der Waals surface area contributed by atoms with Crippen molar-refractivity contribution in [2.24, 2.45) is 7.05 Å². The molecule has 0 bridgehead atoms. The van der Waals surface area contributed by atoms with Crippen molar-refractivity contribution in [3.05, 3.63) is 70.9 Å². The van der Waals surface area contributed by atoms with Crippen molar-refractivity contribution in [3.63, 3.8) is 0 Å². The number of aryl methyl sites for hydroxylation is 1. The summed E-state index contributed by atoms with van der Waals surface area (Å²) in [5.41, 5.74) is 2.08. The second-order valence-electron chi connectivity index (χ2n) is 7.78. The summed E-state index contributed by atoms with van der Waals surface area (Å²) in [7, 11) is 1.61. The number of fused-ring (bicyclic) bond motifs is 3. The van der Waals surface area contributed by atoms with Gasteiger partial charge in [-0.1, -0.05) is 18.2 Å². The highest BCUT2D eigenvalue weighted by Gasteiger charge is 2.24. The normalized spacial score (nSPS) is 14.5. The van der Waals surface area contributed by atoms with Crippen molar-refractivity contribution in [1.82, 2.24) is 19.2 Å². The fourth-order valence-electron chi connectivity index (χ4n) is 4.31. The van der Waals surface area contributed by atoms with Crippen molar-refractivity contribution in [3.8, 4) is 0 Å². The molecule has 1 fully saturated rings. The minimum absolute atomic E-state index is 0.0275. The predicted octanol–water partition coefficient (Wildman–Crippen LogP) is 2.38. The first-order valence-electron chi connectivity index (χ1n) is 10.2. The van der Waals surface area contributed by atoms with E-state index in [0.717, 1.165) is 22.0 Å². The third-order valence-corrected chi connectivity index (χ3v) is 5.98. The van der Waals surface area contributed by atoms with Gasteiger partial charge in [-0.3, -0.25) is 9.59 Å². The van der Waals surface area contributed by atoms with Crippen LogP contribution in [0.15, 0.2) is 59.5 Å². The van der Waals surface area contributed by atoms with Gasteiger partial charge in [-0.15, -0.1) is 0 Å². The fraction of sp³-hybridized carbons (Fsp3) is 0.261. The van der Waals surface area contributed by atoms with Gasteiger partial charge in [0, 0.05) is 55.2 Å². The van der Waals surface area contributed by atoms with E-state index in [4.69, 9.17) is 0 Å². The van der Waals surface area contributed by atoms with E-state index in [0.29, 0.717) is 31.7 Å². The van der Waals surface area contributed by atoms with Crippen LogP contribution in [0, 0.1) is 5.82 Å². The number of carbonyl (C=O) groups is 1. The number of rotatable bonds is 3. The van der Waals surface area contributed by atoms with Gasteiger partial charge in [-0.05, 0) is 30.3 Å². The van der Waals surface area contributed by atoms with Crippen molar-refractivity contribution in [2.45, 2.75) is 6.54 Å². The molecule has 0 saturated carbocycles. The van der Waals surface area contributed by atoms with Crippen molar-refractivity contribution in [2.75, 3.05) is 31.1 Å². The Kier molecular flexibility index (Phi) is 4.69. The molecule has 8 heteroatoms. The minimum Gasteiger partial charge on any atom is -0.368 e. The van der Waals surface area contributed by atoms with Crippen LogP contribution in [0.1, 0.15) is 0 Å². The zero-order valence-electron chi connectivity index (χ0n) is 17.2. The molecule has 158 valence electrons. The summed E-state index contributed by atoms with van der Waals surface area (Å²) in [6.45, 7) is 2.60. The van der Waals surface area contributed by atoms with E-state index < -0.39 is 0 Å². The maximum Gasteiger partial charge on any atom is 0.291 e. The number of hydrogen-bond acceptors (Lipinski definition) is 4. The van der Waals surface area contributed by atoms with E-state index in [1.807, 2.05) is 33.7 Å². The molecule has 0 unspecified atom stereocenters. The van der Waals surface area contributed by atoms with Crippen LogP contribution in [-0.4, -0.2) is 51.3 Å². The van der Waals surface area contributed by atoms with Crippen LogP contribution in [0.3, 0.4) is 0 Å². The third-order valence-electron chi connectivity index (χ3n) is 5.98. The SMILES string of the molecule is Cn1ncc2c3ccccc3n(CC(=O)N3CCN(c4ccc(F)cc4)CC3)c2c1=O. The number of carbonyl (C=O) groups excluding carboxylic acids is 1. The molecule has 4 aromatic rings. The minimum atomic E-state index is -0.259. The smallest absolute Gasteiger partial charge is 0.291 e. The zero-order chi connectivity index (χ0) is 21.5. The van der Waals surface area contributed by atoms with Crippen LogP contribution in [0.4, 0.5) is 10.1 Å². The molecule has 0 spiro atoms. The molecule has 3 heterocycles. The van der Waals surface area contributed by atoms with Gasteiger partial charge < -0.3 is 14.4 Å². The van der Waals surface area contributed by atoms with Crippen molar-refractivity contribution < 1.29 is 9.18 Å². The van der Waals surface area contributed by atoms with Gasteiger partial charge in [-0.25, -0.2) is 9.07 Å². The van der Waals surface area contributed by atoms with Crippen LogP contribution in [-0.2, 0) is 18.4 Å². The number of benzene rings is 2. The molecule has 0 atom stereocenters. The molecule has 1 aliphatic heterocycles. The van der Waals surface area contributed by atoms with Gasteiger partial charge in [0.1, 0.15) is 17.9 Å². The summed E-state index contributed by atoms with van der Waals surface area (Å²) >= 11 is 0. The Morgan fingerprint density at radius 3 is 2.45 bits per heavy atom. The zero-order valence-corrected chi connectivity index (χ0v) is 17.2. The van der Waals surface area contributed by atoms with Gasteiger partial charge in [0.25, 0.3) is 5.56 Å². The number of halogens is 1. The first kappa shape index (κ1) is 19.3. The molecule has 1 saturated heterocycles. The number of hydrogen-bond donors (Lipinski definition) is 0. The first-order chi connectivity index (χ1) is 15.0. The summed E-state index contributed by atoms with van der Waals surface area (Å²) in [5.74, 6) is -0.287. The summed E-state index contributed by atoms with van der Waals surface area (Å²) in [5, 5.41) is 5.82. The summed E-state index contributed by atoms with van der Waals surface area (Å²) in [6.07, 6.45) is 1.68. The lowest BCUT2D eigenvalue weighted by atomic mass is 10.2. The summed E-state index contributed by atoms with van der Waals surface area (Å²) < 4.78 is 16.3. The largest absolute Gasteiger partial charge is 0.368 e. The standard InChI is InChI=1S/C23H22FN5O2/c1-26-23(31)22-19(14-25-26)18-4-2-3-5-20(18)29(22)15-21(30)28-12-10-27(11-13-28)17-8-6-16(24)7-9-17/h2-9,14H,10-13,15H2,1H3. The summed E-state index contributed by atoms with van der Waals surface area (Å²) in [6, 6.07) is 14.1. The molecule has 1 aliphatic rings.